The van der Waals surface area contributed by atoms with Gasteiger partial charge in [0.25, 0.3) is 0 Å². The molecule has 2 unspecified atom stereocenters. The monoisotopic (exact) mass is 1260 g/mol. The number of carbonyl (C=O) groups is 6. The van der Waals surface area contributed by atoms with Gasteiger partial charge in [-0.2, -0.15) is 0 Å². The lowest BCUT2D eigenvalue weighted by Gasteiger charge is -2.39. The fraction of sp³-hybridized carbons (Fsp3) is 0.600. The number of nitrogens with one attached hydrogen (secondary N) is 2. The van der Waals surface area contributed by atoms with Crippen LogP contribution >= 0.6 is 22.6 Å². The molecular formula is C60H87IN12O10. The van der Waals surface area contributed by atoms with Gasteiger partial charge in [0.05, 0.1) is 24.2 Å². The number of carboxylic acids is 1. The molecule has 1 aliphatic rings. The van der Waals surface area contributed by atoms with Gasteiger partial charge in [-0.1, -0.05) is 46.8 Å². The molecule has 6 rings (SSSR count). The van der Waals surface area contributed by atoms with Crippen molar-refractivity contribution in [1.29, 1.82) is 0 Å². The van der Waals surface area contributed by atoms with Crippen LogP contribution in [0.3, 0.4) is 0 Å². The van der Waals surface area contributed by atoms with E-state index < -0.39 is 64.8 Å². The number of halogens is 1. The minimum atomic E-state index is -0.984. The first-order chi connectivity index (χ1) is 39.3. The van der Waals surface area contributed by atoms with Gasteiger partial charge in [-0.3, -0.25) is 43.6 Å². The number of amides is 2. The summed E-state index contributed by atoms with van der Waals surface area (Å²) in [5.41, 5.74) is 1.68. The summed E-state index contributed by atoms with van der Waals surface area (Å²) >= 11 is 2.27. The average molecular weight is 1260 g/mol. The first kappa shape index (κ1) is 66.0. The molecule has 83 heavy (non-hydrogen) atoms. The number of fused-ring (bicyclic) bond motifs is 2. The highest BCUT2D eigenvalue weighted by Gasteiger charge is 2.35. The maximum atomic E-state index is 14.7. The number of unbranched alkanes of at least 4 members (excludes halogenated alkanes) is 1. The van der Waals surface area contributed by atoms with Crippen molar-refractivity contribution in [2.24, 2.45) is 0 Å². The molecule has 3 N–H and O–H groups in total. The second-order valence-corrected chi connectivity index (χ2v) is 25.5. The smallest absolute Gasteiger partial charge is 0.329 e. The van der Waals surface area contributed by atoms with E-state index in [1.165, 1.54) is 5.56 Å². The number of carbonyl (C=O) groups excluding carboxylic acids is 5. The first-order valence-corrected chi connectivity index (χ1v) is 30.1. The van der Waals surface area contributed by atoms with E-state index >= 15 is 0 Å². The van der Waals surface area contributed by atoms with Crippen molar-refractivity contribution in [2.45, 2.75) is 168 Å². The summed E-state index contributed by atoms with van der Waals surface area (Å²) in [6.45, 7) is 19.5. The van der Waals surface area contributed by atoms with E-state index in [9.17, 15) is 33.9 Å². The molecule has 0 spiro atoms. The van der Waals surface area contributed by atoms with Gasteiger partial charge in [0.15, 0.2) is 0 Å². The Hall–Kier alpha value is -6.15. The van der Waals surface area contributed by atoms with Gasteiger partial charge in [0.2, 0.25) is 11.8 Å². The molecule has 2 aromatic heterocycles. The summed E-state index contributed by atoms with van der Waals surface area (Å²) in [6, 6.07) is 21.6. The van der Waals surface area contributed by atoms with Crippen LogP contribution in [0.5, 0.6) is 0 Å². The number of rotatable bonds is 25. The molecule has 1 saturated heterocycles. The molecular weight excluding hydrogens is 1180 g/mol. The van der Waals surface area contributed by atoms with Gasteiger partial charge in [-0.05, 0) is 172 Å². The summed E-state index contributed by atoms with van der Waals surface area (Å²) < 4.78 is 22.5. The Labute approximate surface area is 501 Å². The summed E-state index contributed by atoms with van der Waals surface area (Å²) in [5, 5.41) is 33.9. The Balaban J connectivity index is 1.24. The van der Waals surface area contributed by atoms with Crippen molar-refractivity contribution >= 4 is 80.3 Å². The van der Waals surface area contributed by atoms with Crippen LogP contribution in [0, 0.1) is 3.57 Å². The number of aromatic nitrogens is 6. The summed E-state index contributed by atoms with van der Waals surface area (Å²) in [5.74, 6) is -2.99. The van der Waals surface area contributed by atoms with Crippen LogP contribution in [0.25, 0.3) is 22.1 Å². The average Bonchev–Trinajstić information content (AvgIpc) is 3.86. The van der Waals surface area contributed by atoms with Crippen LogP contribution in [-0.4, -0.2) is 185 Å². The number of aliphatic carboxylic acids is 1. The number of esters is 3. The highest BCUT2D eigenvalue weighted by atomic mass is 127. The quantitative estimate of drug-likeness (QED) is 0.0230. The number of ether oxygens (including phenoxy) is 3. The summed E-state index contributed by atoms with van der Waals surface area (Å²) in [6.07, 6.45) is 2.71. The van der Waals surface area contributed by atoms with E-state index in [2.05, 4.69) is 87.9 Å². The Bertz CT molecular complexity index is 2910. The zero-order valence-corrected chi connectivity index (χ0v) is 52.1. The van der Waals surface area contributed by atoms with E-state index in [-0.39, 0.29) is 57.6 Å². The molecule has 3 atom stereocenters. The van der Waals surface area contributed by atoms with Crippen LogP contribution in [0.2, 0.25) is 0 Å². The fourth-order valence-corrected chi connectivity index (χ4v) is 10.3. The summed E-state index contributed by atoms with van der Waals surface area (Å²) in [7, 11) is 0. The molecule has 2 amide bonds. The van der Waals surface area contributed by atoms with Gasteiger partial charge in [0.1, 0.15) is 46.1 Å². The van der Waals surface area contributed by atoms with Gasteiger partial charge in [-0.15, -0.1) is 10.2 Å². The van der Waals surface area contributed by atoms with Crippen LogP contribution in [0.4, 0.5) is 0 Å². The number of aryl methyl sites for hydroxylation is 1. The standard InChI is InChI=1S/C60H87IN12O10/c1-58(2,3)81-55(78)41-68-33-37-70(38-35-69(42-72-48-21-12-10-18-45(48)64-66-72)36-40-71(39-34-68)53(30-31-54(76)77)73-49-22-13-11-19-46(49)65-67-73)50(57(80)83-60(7,8)9)28-29-52(75)63-47(56(79)82-59(4,5)6)20-14-15-32-62-51(74)23-16-17-43-24-26-44(61)27-25-43/h10-13,18-19,21-22,24-27,47,50,53H,14-17,20,23,28-42H2,1-9H3,(H,62,74)(H,63,75)(H,76,77)/t47-,50?,53?/m0/s1. The zero-order chi connectivity index (χ0) is 60.3. The maximum absolute atomic E-state index is 14.7. The fourth-order valence-electron chi connectivity index (χ4n) is 9.89. The predicted octanol–water partition coefficient (Wildman–Crippen LogP) is 6.99. The Morgan fingerprint density at radius 2 is 1.18 bits per heavy atom. The maximum Gasteiger partial charge on any atom is 0.329 e. The van der Waals surface area contributed by atoms with Crippen LogP contribution in [-0.2, 0) is 56.1 Å². The number of para-hydroxylation sites is 2. The molecule has 454 valence electrons. The van der Waals surface area contributed by atoms with E-state index in [0.717, 1.165) is 33.0 Å². The third-order valence-corrected chi connectivity index (χ3v) is 14.6. The molecule has 1 fully saturated rings. The second kappa shape index (κ2) is 31.1. The van der Waals surface area contributed by atoms with E-state index in [1.54, 1.807) is 46.2 Å². The molecule has 0 radical (unpaired) electrons. The molecule has 0 aliphatic carbocycles. The lowest BCUT2D eigenvalue weighted by Crippen LogP contribution is -2.53. The number of hydrogen-bond donors (Lipinski definition) is 3. The molecule has 3 heterocycles. The van der Waals surface area contributed by atoms with Crippen molar-refractivity contribution in [3.05, 3.63) is 81.9 Å². The molecule has 5 aromatic rings. The van der Waals surface area contributed by atoms with Crippen LogP contribution in [0.15, 0.2) is 72.8 Å². The lowest BCUT2D eigenvalue weighted by atomic mass is 10.1. The Morgan fingerprint density at radius 1 is 0.602 bits per heavy atom. The molecule has 0 bridgehead atoms. The number of benzene rings is 3. The minimum absolute atomic E-state index is 0.0298. The van der Waals surface area contributed by atoms with Crippen molar-refractivity contribution in [3.63, 3.8) is 0 Å². The topological polar surface area (TPSA) is 249 Å². The van der Waals surface area contributed by atoms with Crippen molar-refractivity contribution < 1.29 is 48.1 Å². The van der Waals surface area contributed by atoms with Gasteiger partial charge in [0, 0.05) is 81.7 Å². The third-order valence-electron chi connectivity index (χ3n) is 13.9. The lowest BCUT2D eigenvalue weighted by molar-refractivity contribution is -0.163. The predicted molar refractivity (Wildman–Crippen MR) is 324 cm³/mol. The molecule has 3 aromatic carbocycles. The number of hydrogen-bond acceptors (Lipinski definition) is 17. The minimum Gasteiger partial charge on any atom is -0.481 e. The highest BCUT2D eigenvalue weighted by Crippen LogP contribution is 2.25. The van der Waals surface area contributed by atoms with Gasteiger partial charge >= 0.3 is 23.9 Å². The van der Waals surface area contributed by atoms with Crippen molar-refractivity contribution in [3.8, 4) is 0 Å². The van der Waals surface area contributed by atoms with E-state index in [0.29, 0.717) is 77.3 Å². The van der Waals surface area contributed by atoms with Gasteiger partial charge in [-0.25, -0.2) is 14.2 Å². The third kappa shape index (κ3) is 22.7. The van der Waals surface area contributed by atoms with E-state index in [1.807, 2.05) is 83.8 Å². The van der Waals surface area contributed by atoms with Gasteiger partial charge < -0.3 is 30.0 Å². The summed E-state index contributed by atoms with van der Waals surface area (Å²) in [4.78, 5) is 89.6. The van der Waals surface area contributed by atoms with Crippen molar-refractivity contribution in [1.82, 2.24) is 60.2 Å². The normalized spacial score (nSPS) is 16.1. The Kier molecular flexibility index (Phi) is 24.7. The second-order valence-electron chi connectivity index (χ2n) is 24.3. The molecule has 22 nitrogen and oxygen atoms in total. The van der Waals surface area contributed by atoms with Crippen molar-refractivity contribution in [2.75, 3.05) is 65.4 Å². The Morgan fingerprint density at radius 3 is 1.82 bits per heavy atom. The molecule has 1 aliphatic heterocycles. The van der Waals surface area contributed by atoms with Crippen LogP contribution < -0.4 is 10.6 Å². The van der Waals surface area contributed by atoms with Crippen LogP contribution in [0.1, 0.15) is 132 Å². The molecule has 23 heteroatoms. The molecule has 0 saturated carbocycles. The van der Waals surface area contributed by atoms with E-state index in [4.69, 9.17) is 14.2 Å². The number of carboxylic acid groups (broad SMARTS) is 1. The first-order valence-electron chi connectivity index (χ1n) is 29.0. The zero-order valence-electron chi connectivity index (χ0n) is 50.0. The highest BCUT2D eigenvalue weighted by molar-refractivity contribution is 14.1. The SMILES string of the molecule is CC(C)(C)OC(=O)CN1CCN(C(CCC(=O)N[C@@H](CCCCNC(=O)CCCc2ccc(I)cc2)C(=O)OC(C)(C)C)C(=O)OC(C)(C)C)CCN(Cn2nnc3ccccc32)CCN(C(CCC(=O)O)n2nnc3ccccc32)CC1. The number of nitrogens with zero attached hydrogens (tertiary/aromatic N) is 10. The largest absolute Gasteiger partial charge is 0.481 e.